The Morgan fingerprint density at radius 2 is 1.95 bits per heavy atom. The Kier molecular flexibility index (Phi) is 3.17. The van der Waals surface area contributed by atoms with Crippen LogP contribution in [-0.2, 0) is 6.42 Å². The van der Waals surface area contributed by atoms with Gasteiger partial charge in [0.05, 0.1) is 27.4 Å². The number of hydrogen-bond donors (Lipinski definition) is 0. The second kappa shape index (κ2) is 4.65. The van der Waals surface area contributed by atoms with E-state index in [1.54, 1.807) is 0 Å². The van der Waals surface area contributed by atoms with Gasteiger partial charge < -0.3 is 0 Å². The molecular weight excluding hydrogens is 250 g/mol. The van der Waals surface area contributed by atoms with Crippen molar-refractivity contribution in [2.45, 2.75) is 25.7 Å². The van der Waals surface area contributed by atoms with Gasteiger partial charge in [-0.2, -0.15) is 5.26 Å². The highest BCUT2D eigenvalue weighted by Gasteiger charge is 2.39. The Balaban J connectivity index is 2.37. The molecule has 19 heavy (non-hydrogen) atoms. The summed E-state index contributed by atoms with van der Waals surface area (Å²) in [5.41, 5.74) is -0.747. The maximum absolute atomic E-state index is 11.0. The van der Waals surface area contributed by atoms with Gasteiger partial charge in [0.15, 0.2) is 0 Å². The van der Waals surface area contributed by atoms with Crippen molar-refractivity contribution >= 4 is 11.4 Å². The molecule has 0 aromatic heterocycles. The fraction of sp³-hybridized carbons (Fsp3) is 0.417. The van der Waals surface area contributed by atoms with Gasteiger partial charge in [0.25, 0.3) is 11.4 Å². The lowest BCUT2D eigenvalue weighted by molar-refractivity contribution is -0.394. The molecule has 0 saturated heterocycles. The minimum absolute atomic E-state index is 0.276. The predicted octanol–water partition coefficient (Wildman–Crippen LogP) is 2.74. The zero-order valence-electron chi connectivity index (χ0n) is 10.0. The van der Waals surface area contributed by atoms with Crippen molar-refractivity contribution in [1.29, 1.82) is 5.26 Å². The molecule has 0 radical (unpaired) electrons. The summed E-state index contributed by atoms with van der Waals surface area (Å²) in [4.78, 5) is 20.3. The molecule has 98 valence electrons. The highest BCUT2D eigenvalue weighted by Crippen LogP contribution is 2.44. The summed E-state index contributed by atoms with van der Waals surface area (Å²) in [7, 11) is 0. The minimum atomic E-state index is -0.666. The predicted molar refractivity (Wildman–Crippen MR) is 65.4 cm³/mol. The standard InChI is InChI=1S/C12H11N3O4/c13-8-12(4-1-5-12)7-9-2-3-10(14(16)17)6-11(9)15(18)19/h2-3,6H,1,4-5,7H2. The van der Waals surface area contributed by atoms with Crippen molar-refractivity contribution < 1.29 is 9.85 Å². The first kappa shape index (κ1) is 13.0. The summed E-state index contributed by atoms with van der Waals surface area (Å²) in [5.74, 6) is 0. The lowest BCUT2D eigenvalue weighted by Crippen LogP contribution is -2.30. The van der Waals surface area contributed by atoms with Gasteiger partial charge in [0.2, 0.25) is 0 Å². The fourth-order valence-corrected chi connectivity index (χ4v) is 2.28. The molecule has 0 bridgehead atoms. The number of nitriles is 1. The summed E-state index contributed by atoms with van der Waals surface area (Å²) < 4.78 is 0. The first-order valence-electron chi connectivity index (χ1n) is 5.80. The van der Waals surface area contributed by atoms with Gasteiger partial charge >= 0.3 is 0 Å². The molecule has 1 fully saturated rings. The average Bonchev–Trinajstić information content (AvgIpc) is 2.33. The van der Waals surface area contributed by atoms with Crippen LogP contribution in [-0.4, -0.2) is 9.85 Å². The van der Waals surface area contributed by atoms with Crippen LogP contribution in [0.15, 0.2) is 18.2 Å². The molecule has 2 rings (SSSR count). The van der Waals surface area contributed by atoms with E-state index in [1.807, 2.05) is 0 Å². The summed E-state index contributed by atoms with van der Waals surface area (Å²) >= 11 is 0. The molecular formula is C12H11N3O4. The van der Waals surface area contributed by atoms with E-state index < -0.39 is 15.3 Å². The maximum atomic E-state index is 11.0. The number of nitrogens with zero attached hydrogens (tertiary/aromatic N) is 3. The van der Waals surface area contributed by atoms with Crippen LogP contribution < -0.4 is 0 Å². The van der Waals surface area contributed by atoms with E-state index in [2.05, 4.69) is 6.07 Å². The maximum Gasteiger partial charge on any atom is 0.279 e. The van der Waals surface area contributed by atoms with Crippen molar-refractivity contribution in [1.82, 2.24) is 0 Å². The Hall–Kier alpha value is -2.49. The summed E-state index contributed by atoms with van der Waals surface area (Å²) in [6.07, 6.45) is 2.65. The Morgan fingerprint density at radius 3 is 2.37 bits per heavy atom. The Bertz CT molecular complexity index is 587. The smallest absolute Gasteiger partial charge is 0.258 e. The van der Waals surface area contributed by atoms with Gasteiger partial charge in [-0.15, -0.1) is 0 Å². The highest BCUT2D eigenvalue weighted by molar-refractivity contribution is 5.50. The van der Waals surface area contributed by atoms with Gasteiger partial charge in [-0.1, -0.05) is 6.42 Å². The van der Waals surface area contributed by atoms with Crippen LogP contribution in [0.25, 0.3) is 0 Å². The number of hydrogen-bond acceptors (Lipinski definition) is 5. The molecule has 0 unspecified atom stereocenters. The van der Waals surface area contributed by atoms with E-state index in [0.717, 1.165) is 25.3 Å². The molecule has 1 aliphatic carbocycles. The lowest BCUT2D eigenvalue weighted by atomic mass is 9.66. The zero-order valence-corrected chi connectivity index (χ0v) is 10.0. The van der Waals surface area contributed by atoms with Gasteiger partial charge in [-0.25, -0.2) is 0 Å². The molecule has 7 heteroatoms. The molecule has 7 nitrogen and oxygen atoms in total. The van der Waals surface area contributed by atoms with Crippen LogP contribution in [0.3, 0.4) is 0 Å². The van der Waals surface area contributed by atoms with Crippen LogP contribution >= 0.6 is 0 Å². The first-order chi connectivity index (χ1) is 8.97. The monoisotopic (exact) mass is 261 g/mol. The third-order valence-corrected chi connectivity index (χ3v) is 3.55. The van der Waals surface area contributed by atoms with Crippen LogP contribution in [0.1, 0.15) is 24.8 Å². The molecule has 1 aromatic rings. The van der Waals surface area contributed by atoms with Crippen LogP contribution in [0.4, 0.5) is 11.4 Å². The number of nitro groups is 2. The van der Waals surface area contributed by atoms with Gasteiger partial charge in [-0.3, -0.25) is 20.2 Å². The van der Waals surface area contributed by atoms with Crippen molar-refractivity contribution in [3.05, 3.63) is 44.0 Å². The Morgan fingerprint density at radius 1 is 1.26 bits per heavy atom. The molecule has 0 heterocycles. The highest BCUT2D eigenvalue weighted by atomic mass is 16.6. The molecule has 0 amide bonds. The topological polar surface area (TPSA) is 110 Å². The number of benzene rings is 1. The van der Waals surface area contributed by atoms with Gasteiger partial charge in [-0.05, 0) is 25.3 Å². The third-order valence-electron chi connectivity index (χ3n) is 3.55. The van der Waals surface area contributed by atoms with Gasteiger partial charge in [0.1, 0.15) is 0 Å². The minimum Gasteiger partial charge on any atom is -0.258 e. The summed E-state index contributed by atoms with van der Waals surface area (Å²) in [6, 6.07) is 5.79. The molecule has 1 aliphatic rings. The summed E-state index contributed by atoms with van der Waals surface area (Å²) in [5, 5.41) is 30.7. The SMILES string of the molecule is N#CC1(Cc2ccc([N+](=O)[O-])cc2[N+](=O)[O-])CCC1. The lowest BCUT2D eigenvalue weighted by Gasteiger charge is -2.34. The van der Waals surface area contributed by atoms with Crippen molar-refractivity contribution in [2.24, 2.45) is 5.41 Å². The van der Waals surface area contributed by atoms with E-state index in [9.17, 15) is 20.2 Å². The number of non-ortho nitro benzene ring substituents is 1. The van der Waals surface area contributed by atoms with E-state index in [4.69, 9.17) is 5.26 Å². The first-order valence-corrected chi connectivity index (χ1v) is 5.80. The van der Waals surface area contributed by atoms with Crippen LogP contribution in [0.2, 0.25) is 0 Å². The second-order valence-electron chi connectivity index (χ2n) is 4.75. The molecule has 0 aliphatic heterocycles. The Labute approximate surface area is 108 Å². The molecule has 0 spiro atoms. The molecule has 1 aromatic carbocycles. The molecule has 1 saturated carbocycles. The van der Waals surface area contributed by atoms with E-state index in [0.29, 0.717) is 5.56 Å². The van der Waals surface area contributed by atoms with E-state index in [1.165, 1.54) is 12.1 Å². The van der Waals surface area contributed by atoms with E-state index >= 15 is 0 Å². The van der Waals surface area contributed by atoms with Crippen molar-refractivity contribution in [3.8, 4) is 6.07 Å². The van der Waals surface area contributed by atoms with Gasteiger partial charge in [0, 0.05) is 11.6 Å². The molecule has 0 atom stereocenters. The number of nitro benzene ring substituents is 2. The van der Waals surface area contributed by atoms with Crippen LogP contribution in [0.5, 0.6) is 0 Å². The third kappa shape index (κ3) is 2.38. The zero-order chi connectivity index (χ0) is 14.0. The van der Waals surface area contributed by atoms with E-state index in [-0.39, 0.29) is 17.8 Å². The molecule has 0 N–H and O–H groups in total. The normalized spacial score (nSPS) is 16.2. The quantitative estimate of drug-likeness (QED) is 0.611. The largest absolute Gasteiger partial charge is 0.279 e. The second-order valence-corrected chi connectivity index (χ2v) is 4.75. The summed E-state index contributed by atoms with van der Waals surface area (Å²) in [6.45, 7) is 0. The average molecular weight is 261 g/mol. The van der Waals surface area contributed by atoms with Crippen molar-refractivity contribution in [3.63, 3.8) is 0 Å². The van der Waals surface area contributed by atoms with Crippen molar-refractivity contribution in [2.75, 3.05) is 0 Å². The van der Waals surface area contributed by atoms with Crippen LogP contribution in [0, 0.1) is 37.0 Å². The fourth-order valence-electron chi connectivity index (χ4n) is 2.28. The number of rotatable bonds is 4.